The second-order valence-electron chi connectivity index (χ2n) is 5.90. The van der Waals surface area contributed by atoms with E-state index in [-0.39, 0.29) is 24.4 Å². The number of likely N-dealkylation sites (tertiary alicyclic amines) is 1. The molecule has 1 aromatic heterocycles. The smallest absolute Gasteiger partial charge is 0.232 e. The second-order valence-corrected chi connectivity index (χ2v) is 6.88. The number of rotatable bonds is 5. The highest BCUT2D eigenvalue weighted by Gasteiger charge is 2.25. The van der Waals surface area contributed by atoms with Gasteiger partial charge < -0.3 is 15.2 Å². The molecular weight excluding hydrogens is 322 g/mol. The fourth-order valence-corrected chi connectivity index (χ4v) is 3.78. The van der Waals surface area contributed by atoms with E-state index in [9.17, 15) is 4.79 Å². The summed E-state index contributed by atoms with van der Waals surface area (Å²) in [5, 5.41) is 3.94. The molecule has 7 heteroatoms. The molecule has 22 heavy (non-hydrogen) atoms. The van der Waals surface area contributed by atoms with Crippen molar-refractivity contribution in [2.75, 3.05) is 18.8 Å². The molecule has 1 amide bonds. The molecular formula is C15H26ClN3O2S. The van der Waals surface area contributed by atoms with Gasteiger partial charge in [-0.15, -0.1) is 24.2 Å². The predicted molar refractivity (Wildman–Crippen MR) is 92.3 cm³/mol. The highest BCUT2D eigenvalue weighted by atomic mass is 35.5. The number of aromatic nitrogens is 1. The molecule has 0 aromatic carbocycles. The second kappa shape index (κ2) is 8.79. The highest BCUT2D eigenvalue weighted by Crippen LogP contribution is 2.22. The largest absolute Gasteiger partial charge is 0.361 e. The number of carbonyl (C=O) groups is 1. The summed E-state index contributed by atoms with van der Waals surface area (Å²) in [6.07, 6.45) is 2.19. The van der Waals surface area contributed by atoms with Gasteiger partial charge in [0.15, 0.2) is 0 Å². The Hall–Kier alpha value is -0.720. The van der Waals surface area contributed by atoms with Gasteiger partial charge >= 0.3 is 0 Å². The lowest BCUT2D eigenvalue weighted by Gasteiger charge is -2.34. The number of amides is 1. The minimum atomic E-state index is 0. The van der Waals surface area contributed by atoms with E-state index in [1.165, 1.54) is 0 Å². The summed E-state index contributed by atoms with van der Waals surface area (Å²) in [6, 6.07) is 0.163. The van der Waals surface area contributed by atoms with Crippen LogP contribution < -0.4 is 5.73 Å². The first-order chi connectivity index (χ1) is 9.99. The fourth-order valence-electron chi connectivity index (χ4n) is 2.71. The first kappa shape index (κ1) is 19.3. The van der Waals surface area contributed by atoms with Gasteiger partial charge in [0.25, 0.3) is 0 Å². The van der Waals surface area contributed by atoms with Crippen LogP contribution in [0.3, 0.4) is 0 Å². The van der Waals surface area contributed by atoms with E-state index < -0.39 is 0 Å². The van der Waals surface area contributed by atoms with E-state index in [0.29, 0.717) is 11.7 Å². The van der Waals surface area contributed by atoms with Crippen LogP contribution in [0.1, 0.15) is 36.8 Å². The molecule has 2 atom stereocenters. The van der Waals surface area contributed by atoms with Gasteiger partial charge in [0, 0.05) is 30.4 Å². The Balaban J connectivity index is 0.00000242. The number of thioether (sulfide) groups is 1. The maximum absolute atomic E-state index is 12.3. The third kappa shape index (κ3) is 4.89. The van der Waals surface area contributed by atoms with Crippen molar-refractivity contribution in [3.05, 3.63) is 17.0 Å². The van der Waals surface area contributed by atoms with Gasteiger partial charge in [-0.2, -0.15) is 0 Å². The van der Waals surface area contributed by atoms with E-state index >= 15 is 0 Å². The SMILES string of the molecule is Cc1noc(C)c1CSCC(=O)N1CCCC(C(C)N)C1.Cl. The third-order valence-corrected chi connectivity index (χ3v) is 5.15. The van der Waals surface area contributed by atoms with Gasteiger partial charge in [-0.1, -0.05) is 5.16 Å². The van der Waals surface area contributed by atoms with Gasteiger partial charge in [-0.05, 0) is 39.5 Å². The molecule has 2 unspecified atom stereocenters. The highest BCUT2D eigenvalue weighted by molar-refractivity contribution is 7.99. The van der Waals surface area contributed by atoms with Crippen molar-refractivity contribution in [2.45, 2.75) is 45.4 Å². The number of hydrogen-bond donors (Lipinski definition) is 1. The number of halogens is 1. The number of nitrogens with zero attached hydrogens (tertiary/aromatic N) is 2. The number of nitrogens with two attached hydrogens (primary N) is 1. The molecule has 0 bridgehead atoms. The first-order valence-corrected chi connectivity index (χ1v) is 8.67. The molecule has 2 heterocycles. The molecule has 2 rings (SSSR count). The summed E-state index contributed by atoms with van der Waals surface area (Å²) in [7, 11) is 0. The molecule has 0 spiro atoms. The monoisotopic (exact) mass is 347 g/mol. The normalized spacial score (nSPS) is 19.6. The maximum atomic E-state index is 12.3. The molecule has 1 aliphatic rings. The molecule has 0 aliphatic carbocycles. The van der Waals surface area contributed by atoms with Gasteiger partial charge in [0.2, 0.25) is 5.91 Å². The minimum Gasteiger partial charge on any atom is -0.361 e. The zero-order valence-corrected chi connectivity index (χ0v) is 15.1. The lowest BCUT2D eigenvalue weighted by molar-refractivity contribution is -0.130. The summed E-state index contributed by atoms with van der Waals surface area (Å²) in [5.74, 6) is 2.79. The number of aryl methyl sites for hydroxylation is 2. The van der Waals surface area contributed by atoms with Crippen LogP contribution in [0.2, 0.25) is 0 Å². The van der Waals surface area contributed by atoms with Gasteiger partial charge in [-0.25, -0.2) is 0 Å². The number of hydrogen-bond acceptors (Lipinski definition) is 5. The molecule has 0 saturated carbocycles. The van der Waals surface area contributed by atoms with Crippen molar-refractivity contribution < 1.29 is 9.32 Å². The van der Waals surface area contributed by atoms with Crippen LogP contribution in [-0.4, -0.2) is 40.8 Å². The minimum absolute atomic E-state index is 0. The van der Waals surface area contributed by atoms with Crippen molar-refractivity contribution >= 4 is 30.1 Å². The van der Waals surface area contributed by atoms with Crippen LogP contribution in [0.4, 0.5) is 0 Å². The Morgan fingerprint density at radius 1 is 1.55 bits per heavy atom. The Labute approximate surface area is 142 Å². The number of piperidine rings is 1. The van der Waals surface area contributed by atoms with E-state index in [1.54, 1.807) is 11.8 Å². The van der Waals surface area contributed by atoms with Crippen LogP contribution >= 0.6 is 24.2 Å². The molecule has 0 radical (unpaired) electrons. The summed E-state index contributed by atoms with van der Waals surface area (Å²) in [4.78, 5) is 14.3. The third-order valence-electron chi connectivity index (χ3n) is 4.21. The van der Waals surface area contributed by atoms with E-state index in [2.05, 4.69) is 5.16 Å². The molecule has 1 fully saturated rings. The van der Waals surface area contributed by atoms with Crippen molar-refractivity contribution in [1.29, 1.82) is 0 Å². The first-order valence-electron chi connectivity index (χ1n) is 7.52. The standard InChI is InChI=1S/C15H25N3O2S.ClH/c1-10(16)13-5-4-6-18(7-13)15(19)9-21-8-14-11(2)17-20-12(14)3;/h10,13H,4-9,16H2,1-3H3;1H. The van der Waals surface area contributed by atoms with E-state index in [1.807, 2.05) is 25.7 Å². The van der Waals surface area contributed by atoms with Gasteiger partial charge in [-0.3, -0.25) is 4.79 Å². The van der Waals surface area contributed by atoms with Crippen molar-refractivity contribution in [3.8, 4) is 0 Å². The zero-order chi connectivity index (χ0) is 15.4. The average molecular weight is 348 g/mol. The maximum Gasteiger partial charge on any atom is 0.232 e. The molecule has 1 aromatic rings. The van der Waals surface area contributed by atoms with Crippen LogP contribution in [0.5, 0.6) is 0 Å². The lowest BCUT2D eigenvalue weighted by atomic mass is 9.92. The molecule has 2 N–H and O–H groups in total. The van der Waals surface area contributed by atoms with E-state index in [0.717, 1.165) is 48.7 Å². The summed E-state index contributed by atoms with van der Waals surface area (Å²) < 4.78 is 5.14. The predicted octanol–water partition coefficient (Wildman–Crippen LogP) is 2.53. The summed E-state index contributed by atoms with van der Waals surface area (Å²) in [6.45, 7) is 7.56. The summed E-state index contributed by atoms with van der Waals surface area (Å²) >= 11 is 1.63. The van der Waals surface area contributed by atoms with Gasteiger partial charge in [0.05, 0.1) is 11.4 Å². The van der Waals surface area contributed by atoms with E-state index in [4.69, 9.17) is 10.3 Å². The van der Waals surface area contributed by atoms with Crippen LogP contribution in [0.25, 0.3) is 0 Å². The molecule has 1 saturated heterocycles. The van der Waals surface area contributed by atoms with Crippen LogP contribution in [0, 0.1) is 19.8 Å². The van der Waals surface area contributed by atoms with Crippen molar-refractivity contribution in [3.63, 3.8) is 0 Å². The van der Waals surface area contributed by atoms with Crippen molar-refractivity contribution in [1.82, 2.24) is 10.1 Å². The van der Waals surface area contributed by atoms with Crippen molar-refractivity contribution in [2.24, 2.45) is 11.7 Å². The molecule has 5 nitrogen and oxygen atoms in total. The Bertz CT molecular complexity index is 474. The quantitative estimate of drug-likeness (QED) is 0.886. The topological polar surface area (TPSA) is 72.4 Å². The molecule has 126 valence electrons. The fraction of sp³-hybridized carbons (Fsp3) is 0.733. The van der Waals surface area contributed by atoms with Gasteiger partial charge in [0.1, 0.15) is 5.76 Å². The Morgan fingerprint density at radius 3 is 2.86 bits per heavy atom. The Morgan fingerprint density at radius 2 is 2.27 bits per heavy atom. The zero-order valence-electron chi connectivity index (χ0n) is 13.5. The number of carbonyl (C=O) groups excluding carboxylic acids is 1. The van der Waals surface area contributed by atoms with Crippen LogP contribution in [0.15, 0.2) is 4.52 Å². The Kier molecular flexibility index (Phi) is 7.72. The lowest BCUT2D eigenvalue weighted by Crippen LogP contribution is -2.45. The molecule has 1 aliphatic heterocycles. The average Bonchev–Trinajstić information content (AvgIpc) is 2.79. The van der Waals surface area contributed by atoms with Crippen LogP contribution in [-0.2, 0) is 10.5 Å². The summed E-state index contributed by atoms with van der Waals surface area (Å²) in [5.41, 5.74) is 8.00.